The Morgan fingerprint density at radius 2 is 2.17 bits per heavy atom. The molecule has 1 fully saturated rings. The fourth-order valence-electron chi connectivity index (χ4n) is 2.97. The molecule has 6 heteroatoms. The Morgan fingerprint density at radius 3 is 3.00 bits per heavy atom. The minimum absolute atomic E-state index is 0.0259. The number of thiazole rings is 1. The van der Waals surface area contributed by atoms with Crippen LogP contribution < -0.4 is 10.6 Å². The molecule has 0 spiro atoms. The third kappa shape index (κ3) is 3.36. The van der Waals surface area contributed by atoms with Gasteiger partial charge in [-0.25, -0.2) is 4.98 Å². The lowest BCUT2D eigenvalue weighted by molar-refractivity contribution is 0.0949. The van der Waals surface area contributed by atoms with Crippen LogP contribution in [0.5, 0.6) is 0 Å². The molecule has 124 valence electrons. The van der Waals surface area contributed by atoms with E-state index in [1.165, 1.54) is 28.9 Å². The normalized spacial score (nSPS) is 17.9. The summed E-state index contributed by atoms with van der Waals surface area (Å²) in [5, 5.41) is 7.44. The molecule has 2 aromatic heterocycles. The molecule has 1 saturated heterocycles. The van der Waals surface area contributed by atoms with Crippen molar-refractivity contribution in [2.45, 2.75) is 12.8 Å². The van der Waals surface area contributed by atoms with Gasteiger partial charge >= 0.3 is 0 Å². The van der Waals surface area contributed by atoms with E-state index in [-0.39, 0.29) is 5.91 Å². The standard InChI is InChI=1S/C18H19N3OS2/c22-17(20-11-12-4-3-9-19-10-12)15-7-8-16(23-15)18-21-13-5-1-2-6-14(13)24-18/h1-2,5-8,12,19H,3-4,9-11H2,(H,20,22). The number of nitrogens with one attached hydrogen (secondary N) is 2. The van der Waals surface area contributed by atoms with Crippen molar-refractivity contribution in [3.05, 3.63) is 41.3 Å². The maximum Gasteiger partial charge on any atom is 0.261 e. The SMILES string of the molecule is O=C(NCC1CCCNC1)c1ccc(-c2nc3ccccc3s2)s1. The first-order chi connectivity index (χ1) is 11.8. The number of carbonyl (C=O) groups is 1. The minimum atomic E-state index is 0.0259. The molecule has 4 rings (SSSR count). The molecule has 2 N–H and O–H groups in total. The zero-order valence-corrected chi connectivity index (χ0v) is 14.9. The summed E-state index contributed by atoms with van der Waals surface area (Å²) in [6.07, 6.45) is 2.38. The highest BCUT2D eigenvalue weighted by molar-refractivity contribution is 7.26. The largest absolute Gasteiger partial charge is 0.351 e. The summed E-state index contributed by atoms with van der Waals surface area (Å²) in [5.41, 5.74) is 1.02. The van der Waals surface area contributed by atoms with E-state index in [1.807, 2.05) is 30.3 Å². The summed E-state index contributed by atoms with van der Waals surface area (Å²) in [5.74, 6) is 0.573. The van der Waals surface area contributed by atoms with Gasteiger partial charge in [0.1, 0.15) is 5.01 Å². The summed E-state index contributed by atoms with van der Waals surface area (Å²) in [7, 11) is 0. The van der Waals surface area contributed by atoms with E-state index >= 15 is 0 Å². The van der Waals surface area contributed by atoms with Gasteiger partial charge in [0.15, 0.2) is 0 Å². The number of hydrogen-bond acceptors (Lipinski definition) is 5. The van der Waals surface area contributed by atoms with Gasteiger partial charge in [0, 0.05) is 6.54 Å². The van der Waals surface area contributed by atoms with Crippen LogP contribution in [0, 0.1) is 5.92 Å². The summed E-state index contributed by atoms with van der Waals surface area (Å²) in [6.45, 7) is 2.85. The van der Waals surface area contributed by atoms with Crippen molar-refractivity contribution in [2.75, 3.05) is 19.6 Å². The van der Waals surface area contributed by atoms with Gasteiger partial charge in [-0.15, -0.1) is 22.7 Å². The fraction of sp³-hybridized carbons (Fsp3) is 0.333. The Hall–Kier alpha value is -1.76. The predicted molar refractivity (Wildman–Crippen MR) is 101 cm³/mol. The van der Waals surface area contributed by atoms with Crippen molar-refractivity contribution in [3.63, 3.8) is 0 Å². The van der Waals surface area contributed by atoms with Crippen molar-refractivity contribution >= 4 is 38.8 Å². The Bertz CT molecular complexity index is 816. The smallest absolute Gasteiger partial charge is 0.261 e. The predicted octanol–water partition coefficient (Wildman–Crippen LogP) is 3.75. The van der Waals surface area contributed by atoms with Gasteiger partial charge in [-0.2, -0.15) is 0 Å². The van der Waals surface area contributed by atoms with Crippen LogP contribution in [0.3, 0.4) is 0 Å². The van der Waals surface area contributed by atoms with Gasteiger partial charge in [0.05, 0.1) is 20.0 Å². The average molecular weight is 358 g/mol. The van der Waals surface area contributed by atoms with E-state index in [2.05, 4.69) is 21.7 Å². The van der Waals surface area contributed by atoms with Crippen LogP contribution in [0.1, 0.15) is 22.5 Å². The summed E-state index contributed by atoms with van der Waals surface area (Å²) in [6, 6.07) is 12.0. The number of carbonyl (C=O) groups excluding carboxylic acids is 1. The number of piperidine rings is 1. The minimum Gasteiger partial charge on any atom is -0.351 e. The van der Waals surface area contributed by atoms with E-state index < -0.39 is 0 Å². The molecule has 1 aromatic carbocycles. The van der Waals surface area contributed by atoms with Crippen LogP contribution >= 0.6 is 22.7 Å². The lowest BCUT2D eigenvalue weighted by Crippen LogP contribution is -2.37. The molecule has 3 aromatic rings. The number of para-hydroxylation sites is 1. The van der Waals surface area contributed by atoms with Gasteiger partial charge in [0.2, 0.25) is 0 Å². The van der Waals surface area contributed by atoms with E-state index in [1.54, 1.807) is 11.3 Å². The second-order valence-corrected chi connectivity index (χ2v) is 8.19. The maximum atomic E-state index is 12.4. The highest BCUT2D eigenvalue weighted by atomic mass is 32.1. The molecule has 1 amide bonds. The average Bonchev–Trinajstić information content (AvgIpc) is 3.27. The summed E-state index contributed by atoms with van der Waals surface area (Å²) >= 11 is 3.19. The van der Waals surface area contributed by atoms with E-state index in [4.69, 9.17) is 0 Å². The zero-order chi connectivity index (χ0) is 16.4. The van der Waals surface area contributed by atoms with Crippen LogP contribution in [0.4, 0.5) is 0 Å². The third-order valence-corrected chi connectivity index (χ3v) is 6.57. The lowest BCUT2D eigenvalue weighted by Gasteiger charge is -2.22. The molecule has 0 aliphatic carbocycles. The van der Waals surface area contributed by atoms with Crippen molar-refractivity contribution in [1.82, 2.24) is 15.6 Å². The first-order valence-electron chi connectivity index (χ1n) is 8.24. The van der Waals surface area contributed by atoms with Crippen molar-refractivity contribution in [2.24, 2.45) is 5.92 Å². The highest BCUT2D eigenvalue weighted by Gasteiger charge is 2.16. The zero-order valence-electron chi connectivity index (χ0n) is 13.2. The molecule has 0 saturated carbocycles. The number of hydrogen-bond donors (Lipinski definition) is 2. The first-order valence-corrected chi connectivity index (χ1v) is 9.87. The lowest BCUT2D eigenvalue weighted by atomic mass is 10.00. The van der Waals surface area contributed by atoms with Crippen molar-refractivity contribution < 1.29 is 4.79 Å². The van der Waals surface area contributed by atoms with Gasteiger partial charge < -0.3 is 10.6 Å². The molecule has 4 nitrogen and oxygen atoms in total. The van der Waals surface area contributed by atoms with Gasteiger partial charge in [-0.3, -0.25) is 4.79 Å². The molecule has 1 unspecified atom stereocenters. The second-order valence-electron chi connectivity index (χ2n) is 6.07. The number of thiophene rings is 1. The fourth-order valence-corrected chi connectivity index (χ4v) is 4.92. The number of fused-ring (bicyclic) bond motifs is 1. The Kier molecular flexibility index (Phi) is 4.60. The number of nitrogens with zero attached hydrogens (tertiary/aromatic N) is 1. The van der Waals surface area contributed by atoms with E-state index in [9.17, 15) is 4.79 Å². The Labute approximate surface area is 148 Å². The summed E-state index contributed by atoms with van der Waals surface area (Å²) in [4.78, 5) is 18.8. The molecular weight excluding hydrogens is 338 g/mol. The van der Waals surface area contributed by atoms with Gasteiger partial charge in [-0.05, 0) is 56.1 Å². The highest BCUT2D eigenvalue weighted by Crippen LogP contribution is 2.34. The first kappa shape index (κ1) is 15.7. The molecule has 3 heterocycles. The van der Waals surface area contributed by atoms with E-state index in [0.717, 1.165) is 39.9 Å². The van der Waals surface area contributed by atoms with Crippen LogP contribution in [-0.4, -0.2) is 30.5 Å². The van der Waals surface area contributed by atoms with Crippen molar-refractivity contribution in [1.29, 1.82) is 0 Å². The van der Waals surface area contributed by atoms with Gasteiger partial charge in [0.25, 0.3) is 5.91 Å². The molecule has 0 bridgehead atoms. The molecule has 1 aliphatic heterocycles. The van der Waals surface area contributed by atoms with E-state index in [0.29, 0.717) is 5.92 Å². The topological polar surface area (TPSA) is 54.0 Å². The molecule has 24 heavy (non-hydrogen) atoms. The Morgan fingerprint density at radius 1 is 1.25 bits per heavy atom. The molecular formula is C18H19N3OS2. The van der Waals surface area contributed by atoms with Crippen LogP contribution in [0.15, 0.2) is 36.4 Å². The monoisotopic (exact) mass is 357 g/mol. The number of amides is 1. The molecule has 0 radical (unpaired) electrons. The third-order valence-electron chi connectivity index (χ3n) is 4.28. The van der Waals surface area contributed by atoms with Gasteiger partial charge in [-0.1, -0.05) is 12.1 Å². The molecule has 1 atom stereocenters. The second kappa shape index (κ2) is 7.01. The Balaban J connectivity index is 1.44. The van der Waals surface area contributed by atoms with Crippen LogP contribution in [0.2, 0.25) is 0 Å². The quantitative estimate of drug-likeness (QED) is 0.748. The van der Waals surface area contributed by atoms with Crippen LogP contribution in [0.25, 0.3) is 20.1 Å². The summed E-state index contributed by atoms with van der Waals surface area (Å²) < 4.78 is 1.18. The number of aromatic nitrogens is 1. The maximum absolute atomic E-state index is 12.4. The number of benzene rings is 1. The van der Waals surface area contributed by atoms with Crippen molar-refractivity contribution in [3.8, 4) is 9.88 Å². The number of rotatable bonds is 4. The van der Waals surface area contributed by atoms with Crippen LogP contribution in [-0.2, 0) is 0 Å². The molecule has 1 aliphatic rings.